The van der Waals surface area contributed by atoms with E-state index in [4.69, 9.17) is 29.8 Å². The Morgan fingerprint density at radius 1 is 1.00 bits per heavy atom. The lowest BCUT2D eigenvalue weighted by Gasteiger charge is -2.37. The number of aryl methyl sites for hydroxylation is 2. The minimum Gasteiger partial charge on any atom is -0.369 e. The van der Waals surface area contributed by atoms with Crippen LogP contribution in [-0.2, 0) is 36.4 Å². The second-order valence-corrected chi connectivity index (χ2v) is 16.8. The van der Waals surface area contributed by atoms with Gasteiger partial charge in [0.2, 0.25) is 6.54 Å². The first-order valence-corrected chi connectivity index (χ1v) is 21.2. The number of nitrogens with one attached hydrogen (secondary N) is 2. The van der Waals surface area contributed by atoms with Gasteiger partial charge in [-0.2, -0.15) is 4.98 Å². The number of amides is 1. The highest BCUT2D eigenvalue weighted by Gasteiger charge is 2.42. The molecule has 0 bridgehead atoms. The molecule has 6 rings (SSSR count). The number of ether oxygens (including phenoxy) is 3. The number of nitrogens with zero attached hydrogens (tertiary/aromatic N) is 8. The Morgan fingerprint density at radius 2 is 1.68 bits per heavy atom. The van der Waals surface area contributed by atoms with E-state index in [1.165, 1.54) is 15.3 Å². The second-order valence-electron chi connectivity index (χ2n) is 15.3. The molecule has 19 nitrogen and oxygen atoms in total. The summed E-state index contributed by atoms with van der Waals surface area (Å²) in [6.07, 6.45) is 2.94. The van der Waals surface area contributed by atoms with E-state index in [1.807, 2.05) is 13.0 Å². The highest BCUT2D eigenvalue weighted by atomic mass is 31.2. The van der Waals surface area contributed by atoms with Gasteiger partial charge in [-0.3, -0.25) is 23.7 Å². The van der Waals surface area contributed by atoms with E-state index in [0.717, 1.165) is 0 Å². The van der Waals surface area contributed by atoms with Crippen molar-refractivity contribution in [3.63, 3.8) is 0 Å². The van der Waals surface area contributed by atoms with Gasteiger partial charge in [-0.15, -0.1) is 5.10 Å². The van der Waals surface area contributed by atoms with Crippen LogP contribution in [0.15, 0.2) is 63.3 Å². The van der Waals surface area contributed by atoms with Crippen LogP contribution in [0.2, 0.25) is 0 Å². The van der Waals surface area contributed by atoms with Crippen molar-refractivity contribution in [1.82, 2.24) is 38.8 Å². The molecule has 2 aliphatic heterocycles. The average Bonchev–Trinajstić information content (AvgIpc) is 3.95. The molecule has 4 aromatic rings. The van der Waals surface area contributed by atoms with Gasteiger partial charge in [0.1, 0.15) is 36.7 Å². The van der Waals surface area contributed by atoms with E-state index in [2.05, 4.69) is 62.8 Å². The van der Waals surface area contributed by atoms with Gasteiger partial charge < -0.3 is 33.4 Å². The Labute approximate surface area is 348 Å². The number of carbonyl (C=O) groups excluding carboxylic acids is 1. The minimum atomic E-state index is -1.64. The zero-order valence-corrected chi connectivity index (χ0v) is 35.8. The third-order valence-corrected chi connectivity index (χ3v) is 12.4. The van der Waals surface area contributed by atoms with E-state index < -0.39 is 50.1 Å². The van der Waals surface area contributed by atoms with Gasteiger partial charge >= 0.3 is 11.4 Å². The maximum atomic E-state index is 13.2. The van der Waals surface area contributed by atoms with Crippen LogP contribution in [-0.4, -0.2) is 94.3 Å². The molecule has 2 fully saturated rings. The number of aromatic amines is 1. The molecule has 322 valence electrons. The van der Waals surface area contributed by atoms with E-state index in [9.17, 15) is 19.2 Å². The van der Waals surface area contributed by atoms with Crippen molar-refractivity contribution >= 4 is 20.3 Å². The number of hydrogen-bond acceptors (Lipinski definition) is 13. The molecule has 7 atom stereocenters. The first kappa shape index (κ1) is 44.6. The molecule has 0 saturated carbocycles. The highest BCUT2D eigenvalue weighted by molar-refractivity contribution is 7.44. The fraction of sp³-hybridized carbons (Fsp3) is 0.550. The van der Waals surface area contributed by atoms with Gasteiger partial charge in [0.05, 0.1) is 37.7 Å². The molecule has 0 aliphatic carbocycles. The molecule has 2 saturated heterocycles. The monoisotopic (exact) mass is 848 g/mol. The number of benzene rings is 1. The summed E-state index contributed by atoms with van der Waals surface area (Å²) in [5.41, 5.74) is 0.340. The number of hydrogen-bond donors (Lipinski definition) is 2. The normalized spacial score (nSPS) is 22.1. The third-order valence-electron chi connectivity index (χ3n) is 10.2. The fourth-order valence-corrected chi connectivity index (χ4v) is 9.05. The molecular weight excluding hydrogens is 795 g/mol. The number of anilines is 1. The van der Waals surface area contributed by atoms with Crippen molar-refractivity contribution in [3.05, 3.63) is 114 Å². The topological polar surface area (TPSA) is 203 Å². The minimum absolute atomic E-state index is 0.0671. The van der Waals surface area contributed by atoms with Gasteiger partial charge in [-0.25, -0.2) is 25.5 Å². The van der Waals surface area contributed by atoms with Crippen molar-refractivity contribution in [2.24, 2.45) is 0 Å². The maximum Gasteiger partial charge on any atom is 0.351 e. The maximum absolute atomic E-state index is 13.2. The highest BCUT2D eigenvalue weighted by Crippen LogP contribution is 2.50. The van der Waals surface area contributed by atoms with Crippen LogP contribution in [0.4, 0.5) is 5.82 Å². The lowest BCUT2D eigenvalue weighted by atomic mass is 10.1. The predicted octanol–water partition coefficient (Wildman–Crippen LogP) is 4.49. The first-order valence-electron chi connectivity index (χ1n) is 20.1. The Bertz CT molecular complexity index is 2300. The van der Waals surface area contributed by atoms with Gasteiger partial charge in [0, 0.05) is 54.0 Å². The summed E-state index contributed by atoms with van der Waals surface area (Å²) in [5, 5.41) is 11.4. The van der Waals surface area contributed by atoms with Gasteiger partial charge in [0.25, 0.3) is 20.0 Å². The lowest BCUT2D eigenvalue weighted by Crippen LogP contribution is -2.36. The van der Waals surface area contributed by atoms with Crippen LogP contribution >= 0.6 is 8.53 Å². The molecule has 60 heavy (non-hydrogen) atoms. The van der Waals surface area contributed by atoms with Crippen LogP contribution in [0.25, 0.3) is 4.85 Å². The van der Waals surface area contributed by atoms with Crippen molar-refractivity contribution in [2.45, 2.75) is 130 Å². The summed E-state index contributed by atoms with van der Waals surface area (Å²) in [6.45, 7) is 21.5. The molecule has 1 amide bonds. The molecule has 0 spiro atoms. The van der Waals surface area contributed by atoms with Crippen LogP contribution in [0.5, 0.6) is 0 Å². The predicted molar refractivity (Wildman–Crippen MR) is 221 cm³/mol. The third kappa shape index (κ3) is 10.7. The molecule has 3 unspecified atom stereocenters. The van der Waals surface area contributed by atoms with Crippen molar-refractivity contribution < 1.29 is 28.1 Å². The molecule has 3 aromatic heterocycles. The van der Waals surface area contributed by atoms with Gasteiger partial charge in [0.15, 0.2) is 0 Å². The van der Waals surface area contributed by atoms with Crippen LogP contribution in [0.1, 0.15) is 93.5 Å². The zero-order chi connectivity index (χ0) is 43.1. The largest absolute Gasteiger partial charge is 0.369 e. The van der Waals surface area contributed by atoms with E-state index in [0.29, 0.717) is 35.2 Å². The number of rotatable bonds is 18. The number of aromatic nitrogens is 7. The Kier molecular flexibility index (Phi) is 14.9. The molecular formula is C40H53N10O9P. The molecule has 0 radical (unpaired) electrons. The molecule has 1 aromatic carbocycles. The fourth-order valence-electron chi connectivity index (χ4n) is 7.30. The Balaban J connectivity index is 1.14. The number of carbonyl (C=O) groups is 1. The second kappa shape index (κ2) is 20.1. The van der Waals surface area contributed by atoms with Gasteiger partial charge in [-0.05, 0) is 60.1 Å². The SMILES string of the molecule is [C-]#[N+]CCOP(OC1C[C@H](n2cc(C)c(=O)[nH]c2=O)O[C@@H]1Cn1cc(COC2C[C@H](n3cc(C)c(NC(=O)c4ccccc4)nc3=O)O[C@@H]2CC)nn1)N(C(C)C)C(C)C. The molecule has 2 aliphatic rings. The Hall–Kier alpha value is -4.93. The van der Waals surface area contributed by atoms with Gasteiger partial charge in [-0.1, -0.05) is 30.3 Å². The zero-order valence-electron chi connectivity index (χ0n) is 34.9. The van der Waals surface area contributed by atoms with Crippen LogP contribution in [0, 0.1) is 20.4 Å². The first-order chi connectivity index (χ1) is 28.8. The van der Waals surface area contributed by atoms with Crippen molar-refractivity contribution in [3.8, 4) is 0 Å². The average molecular weight is 849 g/mol. The smallest absolute Gasteiger partial charge is 0.351 e. The van der Waals surface area contributed by atoms with Crippen LogP contribution < -0.4 is 22.3 Å². The summed E-state index contributed by atoms with van der Waals surface area (Å²) in [6, 6.07) is 8.83. The van der Waals surface area contributed by atoms with E-state index >= 15 is 0 Å². The Morgan fingerprint density at radius 3 is 2.38 bits per heavy atom. The standard InChI is InChI=1S/C40H53N10O9P/c1-9-30-31(17-34(57-30)48-19-26(6)36(43-39(48)53)42-38(52)28-13-11-10-12-14-28)55-23-29-21-47(46-45-29)22-33-32(18-35(58-33)49-20-27(7)37(51)44-40(49)54)59-60(56-16-15-41-8)50(24(2)3)25(4)5/h10-14,19-21,24-25,30-35H,9,15-18,22-23H2,1-7H3,(H,44,51,54)(H,42,43,52,53)/t30-,31?,32?,33-,34-,35-,60?/m1/s1. The molecule has 2 N–H and O–H groups in total. The van der Waals surface area contributed by atoms with Crippen molar-refractivity contribution in [2.75, 3.05) is 18.5 Å². The van der Waals surface area contributed by atoms with Crippen molar-refractivity contribution in [1.29, 1.82) is 0 Å². The lowest BCUT2D eigenvalue weighted by molar-refractivity contribution is -0.0453. The van der Waals surface area contributed by atoms with Crippen LogP contribution in [0.3, 0.4) is 0 Å². The summed E-state index contributed by atoms with van der Waals surface area (Å²) in [7, 11) is -1.64. The van der Waals surface area contributed by atoms with E-state index in [1.54, 1.807) is 55.2 Å². The number of H-pyrrole nitrogens is 1. The summed E-state index contributed by atoms with van der Waals surface area (Å²) >= 11 is 0. The molecule has 20 heteroatoms. The quantitative estimate of drug-likeness (QED) is 0.0806. The summed E-state index contributed by atoms with van der Waals surface area (Å²) < 4.78 is 38.6. The molecule has 5 heterocycles. The summed E-state index contributed by atoms with van der Waals surface area (Å²) in [4.78, 5) is 61.0. The summed E-state index contributed by atoms with van der Waals surface area (Å²) in [5.74, 6) is -0.183. The van der Waals surface area contributed by atoms with E-state index in [-0.39, 0.29) is 68.7 Å².